The van der Waals surface area contributed by atoms with Crippen LogP contribution in [0.1, 0.15) is 38.8 Å². The average molecular weight is 534 g/mol. The van der Waals surface area contributed by atoms with Crippen LogP contribution in [0.5, 0.6) is 0 Å². The first kappa shape index (κ1) is 28.3. The van der Waals surface area contributed by atoms with Crippen LogP contribution in [0.3, 0.4) is 0 Å². The Bertz CT molecular complexity index is 1360. The Morgan fingerprint density at radius 1 is 0.475 bits per heavy atom. The van der Waals surface area contributed by atoms with Crippen molar-refractivity contribution in [2.45, 2.75) is 19.8 Å². The Kier molecular flexibility index (Phi) is 8.80. The fourth-order valence-corrected chi connectivity index (χ4v) is 4.50. The predicted molar refractivity (Wildman–Crippen MR) is 163 cm³/mol. The number of anilines is 4. The first-order valence-electron chi connectivity index (χ1n) is 13.2. The van der Waals surface area contributed by atoms with E-state index in [1.807, 2.05) is 135 Å². The first-order chi connectivity index (χ1) is 19.1. The molecule has 204 valence electrons. The summed E-state index contributed by atoms with van der Waals surface area (Å²) in [6.07, 6.45) is 0.560. The van der Waals surface area contributed by atoms with E-state index in [-0.39, 0.29) is 30.3 Å². The van der Waals surface area contributed by atoms with Crippen molar-refractivity contribution >= 4 is 40.2 Å². The van der Waals surface area contributed by atoms with Crippen molar-refractivity contribution in [3.05, 3.63) is 119 Å². The molecule has 0 unspecified atom stereocenters. The summed E-state index contributed by atoms with van der Waals surface area (Å²) >= 11 is 0. The SMILES string of the molecule is CC(=O)N(c1ccc(CC(=O)c2ccc(N(C)C)cc2)cc1)c1ccc(CC(=O)c2ccc(N(C)C)cc2)cc1. The van der Waals surface area contributed by atoms with Gasteiger partial charge in [0.1, 0.15) is 0 Å². The van der Waals surface area contributed by atoms with Crippen molar-refractivity contribution in [3.63, 3.8) is 0 Å². The Labute approximate surface area is 236 Å². The molecule has 0 N–H and O–H groups in total. The van der Waals surface area contributed by atoms with Gasteiger partial charge in [0.25, 0.3) is 0 Å². The molecule has 0 aliphatic carbocycles. The van der Waals surface area contributed by atoms with Gasteiger partial charge in [0.2, 0.25) is 5.91 Å². The topological polar surface area (TPSA) is 60.9 Å². The second-order valence-corrected chi connectivity index (χ2v) is 10.3. The zero-order chi connectivity index (χ0) is 28.8. The largest absolute Gasteiger partial charge is 0.378 e. The van der Waals surface area contributed by atoms with E-state index in [1.54, 1.807) is 4.90 Å². The van der Waals surface area contributed by atoms with Gasteiger partial charge in [0, 0.05) is 81.8 Å². The minimum Gasteiger partial charge on any atom is -0.378 e. The molecule has 0 radical (unpaired) electrons. The van der Waals surface area contributed by atoms with Gasteiger partial charge in [-0.05, 0) is 83.9 Å². The summed E-state index contributed by atoms with van der Waals surface area (Å²) in [5, 5.41) is 0. The smallest absolute Gasteiger partial charge is 0.228 e. The summed E-state index contributed by atoms with van der Waals surface area (Å²) < 4.78 is 0. The minimum absolute atomic E-state index is 0.0419. The maximum absolute atomic E-state index is 12.8. The van der Waals surface area contributed by atoms with Crippen molar-refractivity contribution in [1.82, 2.24) is 0 Å². The fourth-order valence-electron chi connectivity index (χ4n) is 4.50. The third-order valence-corrected chi connectivity index (χ3v) is 6.84. The van der Waals surface area contributed by atoms with Gasteiger partial charge in [-0.2, -0.15) is 0 Å². The van der Waals surface area contributed by atoms with Gasteiger partial charge in [0.05, 0.1) is 0 Å². The molecule has 0 bridgehead atoms. The van der Waals surface area contributed by atoms with Crippen LogP contribution in [0.25, 0.3) is 0 Å². The Morgan fingerprint density at radius 2 is 0.775 bits per heavy atom. The van der Waals surface area contributed by atoms with E-state index in [0.29, 0.717) is 22.5 Å². The normalized spacial score (nSPS) is 10.6. The maximum atomic E-state index is 12.8. The predicted octanol–water partition coefficient (Wildman–Crippen LogP) is 6.35. The number of Topliss-reactive ketones (excluding diaryl/α,β-unsaturated/α-hetero) is 2. The molecule has 6 heteroatoms. The molecule has 4 aromatic rings. The molecular formula is C34H35N3O3. The molecule has 4 rings (SSSR count). The number of amides is 1. The van der Waals surface area contributed by atoms with Crippen LogP contribution in [0.15, 0.2) is 97.1 Å². The highest BCUT2D eigenvalue weighted by Gasteiger charge is 2.16. The number of nitrogens with zero attached hydrogens (tertiary/aromatic N) is 3. The highest BCUT2D eigenvalue weighted by molar-refractivity contribution is 6.00. The quantitative estimate of drug-likeness (QED) is 0.222. The maximum Gasteiger partial charge on any atom is 0.228 e. The number of ketones is 2. The van der Waals surface area contributed by atoms with Gasteiger partial charge in [-0.3, -0.25) is 19.3 Å². The first-order valence-corrected chi connectivity index (χ1v) is 13.2. The van der Waals surface area contributed by atoms with E-state index < -0.39 is 0 Å². The summed E-state index contributed by atoms with van der Waals surface area (Å²) in [6.45, 7) is 1.52. The molecule has 0 aliphatic rings. The van der Waals surface area contributed by atoms with Gasteiger partial charge < -0.3 is 9.80 Å². The van der Waals surface area contributed by atoms with Crippen LogP contribution >= 0.6 is 0 Å². The zero-order valence-electron chi connectivity index (χ0n) is 23.7. The number of benzene rings is 4. The molecule has 1 amide bonds. The summed E-state index contributed by atoms with van der Waals surface area (Å²) in [6, 6.07) is 30.1. The third-order valence-electron chi connectivity index (χ3n) is 6.84. The second kappa shape index (κ2) is 12.4. The van der Waals surface area contributed by atoms with Crippen molar-refractivity contribution in [2.75, 3.05) is 42.9 Å². The van der Waals surface area contributed by atoms with Crippen molar-refractivity contribution < 1.29 is 14.4 Å². The lowest BCUT2D eigenvalue weighted by Crippen LogP contribution is -2.22. The van der Waals surface area contributed by atoms with Crippen LogP contribution in [0.2, 0.25) is 0 Å². The highest BCUT2D eigenvalue weighted by atomic mass is 16.2. The molecule has 0 aliphatic heterocycles. The van der Waals surface area contributed by atoms with Gasteiger partial charge in [-0.15, -0.1) is 0 Å². The van der Waals surface area contributed by atoms with Crippen LogP contribution in [-0.2, 0) is 17.6 Å². The molecule has 0 spiro atoms. The molecule has 0 heterocycles. The van der Waals surface area contributed by atoms with Gasteiger partial charge >= 0.3 is 0 Å². The number of carbonyl (C=O) groups is 3. The average Bonchev–Trinajstić information content (AvgIpc) is 2.95. The highest BCUT2D eigenvalue weighted by Crippen LogP contribution is 2.27. The fraction of sp³-hybridized carbons (Fsp3) is 0.206. The molecule has 0 fully saturated rings. The van der Waals surface area contributed by atoms with Crippen molar-refractivity contribution in [1.29, 1.82) is 0 Å². The van der Waals surface area contributed by atoms with Crippen LogP contribution in [-0.4, -0.2) is 45.7 Å². The standard InChI is InChI=1S/C34H35N3O3/c1-24(38)37(31-14-6-25(7-15-31)22-33(39)27-10-18-29(19-11-27)35(2)3)32-16-8-26(9-17-32)23-34(40)28-12-20-30(21-13-28)36(4)5/h6-21H,22-23H2,1-5H3. The molecule has 4 aromatic carbocycles. The lowest BCUT2D eigenvalue weighted by atomic mass is 10.0. The molecule has 0 aromatic heterocycles. The van der Waals surface area contributed by atoms with Crippen molar-refractivity contribution in [3.8, 4) is 0 Å². The summed E-state index contributed by atoms with van der Waals surface area (Å²) in [5.41, 5.74) is 6.60. The third kappa shape index (κ3) is 6.83. The molecule has 0 saturated heterocycles. The molecule has 0 saturated carbocycles. The number of rotatable bonds is 10. The van der Waals surface area contributed by atoms with Crippen LogP contribution in [0.4, 0.5) is 22.7 Å². The lowest BCUT2D eigenvalue weighted by Gasteiger charge is -2.22. The van der Waals surface area contributed by atoms with E-state index in [2.05, 4.69) is 0 Å². The molecule has 0 atom stereocenters. The molecule has 40 heavy (non-hydrogen) atoms. The molecule has 6 nitrogen and oxygen atoms in total. The minimum atomic E-state index is -0.130. The number of carbonyl (C=O) groups excluding carboxylic acids is 3. The number of hydrogen-bond acceptors (Lipinski definition) is 5. The Hall–Kier alpha value is -4.71. The van der Waals surface area contributed by atoms with Crippen LogP contribution < -0.4 is 14.7 Å². The number of hydrogen-bond donors (Lipinski definition) is 0. The van der Waals surface area contributed by atoms with Gasteiger partial charge in [-0.1, -0.05) is 24.3 Å². The Balaban J connectivity index is 1.42. The van der Waals surface area contributed by atoms with E-state index in [0.717, 1.165) is 22.5 Å². The molecular weight excluding hydrogens is 498 g/mol. The van der Waals surface area contributed by atoms with E-state index in [1.165, 1.54) is 6.92 Å². The summed E-state index contributed by atoms with van der Waals surface area (Å²) in [5.74, 6) is -0.0462. The monoisotopic (exact) mass is 533 g/mol. The van der Waals surface area contributed by atoms with E-state index >= 15 is 0 Å². The van der Waals surface area contributed by atoms with Gasteiger partial charge in [-0.25, -0.2) is 0 Å². The van der Waals surface area contributed by atoms with E-state index in [4.69, 9.17) is 0 Å². The summed E-state index contributed by atoms with van der Waals surface area (Å²) in [4.78, 5) is 43.8. The Morgan fingerprint density at radius 3 is 1.05 bits per heavy atom. The van der Waals surface area contributed by atoms with E-state index in [9.17, 15) is 14.4 Å². The summed E-state index contributed by atoms with van der Waals surface area (Å²) in [7, 11) is 7.85. The lowest BCUT2D eigenvalue weighted by molar-refractivity contribution is -0.115. The van der Waals surface area contributed by atoms with Gasteiger partial charge in [0.15, 0.2) is 11.6 Å². The van der Waals surface area contributed by atoms with Crippen molar-refractivity contribution in [2.24, 2.45) is 0 Å². The van der Waals surface area contributed by atoms with Crippen LogP contribution in [0, 0.1) is 0 Å². The zero-order valence-corrected chi connectivity index (χ0v) is 23.7. The second-order valence-electron chi connectivity index (χ2n) is 10.3.